The lowest BCUT2D eigenvalue weighted by molar-refractivity contribution is -0.141. The molecule has 0 aliphatic rings. The summed E-state index contributed by atoms with van der Waals surface area (Å²) in [5.41, 5.74) is 0.725. The first-order valence-corrected chi connectivity index (χ1v) is 4.13. The maximum atomic E-state index is 11.3. The molecule has 1 aromatic carbocycles. The molecule has 0 N–H and O–H groups in total. The molecule has 1 rings (SSSR count). The minimum Gasteiger partial charge on any atom is -0.468 e. The van der Waals surface area contributed by atoms with Crippen molar-refractivity contribution in [2.75, 3.05) is 7.11 Å². The molecule has 0 heterocycles. The topological polar surface area (TPSA) is 43.4 Å². The maximum Gasteiger partial charge on any atom is 0.317 e. The molecule has 3 nitrogen and oxygen atoms in total. The Kier molecular flexibility index (Phi) is 3.65. The summed E-state index contributed by atoms with van der Waals surface area (Å²) in [4.78, 5) is 21.5. The van der Waals surface area contributed by atoms with Gasteiger partial charge in [-0.05, 0) is 5.56 Å². The highest BCUT2D eigenvalue weighted by atomic mass is 16.5. The molecule has 0 spiro atoms. The van der Waals surface area contributed by atoms with Gasteiger partial charge in [-0.3, -0.25) is 4.79 Å². The van der Waals surface area contributed by atoms with Crippen molar-refractivity contribution in [1.82, 2.24) is 0 Å². The van der Waals surface area contributed by atoms with Crippen LogP contribution in [0.3, 0.4) is 0 Å². The molecule has 0 fully saturated rings. The van der Waals surface area contributed by atoms with E-state index < -0.39 is 11.9 Å². The van der Waals surface area contributed by atoms with Gasteiger partial charge in [0.1, 0.15) is 11.9 Å². The molecule has 1 aromatic rings. The van der Waals surface area contributed by atoms with E-state index in [2.05, 4.69) is 4.74 Å². The van der Waals surface area contributed by atoms with Crippen molar-refractivity contribution in [1.29, 1.82) is 0 Å². The van der Waals surface area contributed by atoms with Gasteiger partial charge in [0.2, 0.25) is 0 Å². The molecule has 0 saturated heterocycles. The number of carbonyl (C=O) groups is 1. The molecular formula is C11H10O3. The van der Waals surface area contributed by atoms with Gasteiger partial charge >= 0.3 is 5.97 Å². The van der Waals surface area contributed by atoms with Crippen molar-refractivity contribution >= 4 is 11.9 Å². The Morgan fingerprint density at radius 3 is 2.57 bits per heavy atom. The van der Waals surface area contributed by atoms with Crippen LogP contribution in [-0.2, 0) is 14.3 Å². The number of esters is 1. The highest BCUT2D eigenvalue weighted by Crippen LogP contribution is 2.17. The molecule has 0 radical (unpaired) electrons. The standard InChI is InChI=1S/C11H10O3/c1-14-11(13)10(7-8-12)9-5-3-2-4-6-9/h2-7,10H,1H3. The summed E-state index contributed by atoms with van der Waals surface area (Å²) in [5, 5.41) is 0. The monoisotopic (exact) mass is 190 g/mol. The molecule has 0 aliphatic carbocycles. The van der Waals surface area contributed by atoms with Gasteiger partial charge in [0.15, 0.2) is 0 Å². The largest absolute Gasteiger partial charge is 0.468 e. The highest BCUT2D eigenvalue weighted by Gasteiger charge is 2.18. The molecule has 0 aliphatic heterocycles. The van der Waals surface area contributed by atoms with Crippen molar-refractivity contribution in [3.05, 3.63) is 42.0 Å². The summed E-state index contributed by atoms with van der Waals surface area (Å²) in [5.74, 6) is 0.493. The van der Waals surface area contributed by atoms with Crippen LogP contribution >= 0.6 is 0 Å². The lowest BCUT2D eigenvalue weighted by Crippen LogP contribution is -2.12. The molecule has 0 saturated carbocycles. The third-order valence-corrected chi connectivity index (χ3v) is 1.85. The Morgan fingerprint density at radius 2 is 2.07 bits per heavy atom. The second kappa shape index (κ2) is 5.00. The predicted molar refractivity (Wildman–Crippen MR) is 51.5 cm³/mol. The number of rotatable bonds is 3. The molecule has 3 heteroatoms. The fraction of sp³-hybridized carbons (Fsp3) is 0.182. The van der Waals surface area contributed by atoms with Crippen molar-refractivity contribution in [2.24, 2.45) is 0 Å². The molecule has 1 atom stereocenters. The Balaban J connectivity index is 3.00. The third-order valence-electron chi connectivity index (χ3n) is 1.85. The van der Waals surface area contributed by atoms with Crippen LogP contribution in [0.1, 0.15) is 11.5 Å². The number of ether oxygens (including phenoxy) is 1. The number of carbonyl (C=O) groups excluding carboxylic acids is 2. The fourth-order valence-electron chi connectivity index (χ4n) is 1.16. The Morgan fingerprint density at radius 1 is 1.43 bits per heavy atom. The first kappa shape index (κ1) is 10.2. The van der Waals surface area contributed by atoms with E-state index in [0.717, 1.165) is 11.6 Å². The molecule has 0 amide bonds. The van der Waals surface area contributed by atoms with Crippen LogP contribution in [0.4, 0.5) is 0 Å². The van der Waals surface area contributed by atoms with E-state index in [1.807, 2.05) is 6.07 Å². The summed E-state index contributed by atoms with van der Waals surface area (Å²) in [7, 11) is 1.29. The van der Waals surface area contributed by atoms with Gasteiger partial charge in [-0.1, -0.05) is 30.3 Å². The van der Waals surface area contributed by atoms with Crippen LogP contribution in [0.15, 0.2) is 36.4 Å². The van der Waals surface area contributed by atoms with E-state index in [-0.39, 0.29) is 0 Å². The molecular weight excluding hydrogens is 180 g/mol. The first-order valence-electron chi connectivity index (χ1n) is 4.13. The lowest BCUT2D eigenvalue weighted by atomic mass is 10.00. The second-order valence-corrected chi connectivity index (χ2v) is 2.70. The lowest BCUT2D eigenvalue weighted by Gasteiger charge is -2.08. The number of benzene rings is 1. The zero-order valence-electron chi connectivity index (χ0n) is 7.77. The smallest absolute Gasteiger partial charge is 0.317 e. The molecule has 14 heavy (non-hydrogen) atoms. The van der Waals surface area contributed by atoms with Crippen LogP contribution in [0.2, 0.25) is 0 Å². The number of hydrogen-bond donors (Lipinski definition) is 0. The summed E-state index contributed by atoms with van der Waals surface area (Å²) in [6, 6.07) is 8.95. The average molecular weight is 190 g/mol. The molecule has 1 unspecified atom stereocenters. The Hall–Kier alpha value is -1.86. The van der Waals surface area contributed by atoms with Crippen LogP contribution < -0.4 is 0 Å². The molecule has 72 valence electrons. The van der Waals surface area contributed by atoms with E-state index in [1.54, 1.807) is 30.2 Å². The van der Waals surface area contributed by atoms with Gasteiger partial charge in [0.25, 0.3) is 0 Å². The third kappa shape index (κ3) is 2.31. The molecule has 0 bridgehead atoms. The average Bonchev–Trinajstić information content (AvgIpc) is 2.26. The van der Waals surface area contributed by atoms with E-state index in [9.17, 15) is 9.59 Å². The minimum atomic E-state index is -0.654. The molecule has 0 aromatic heterocycles. The van der Waals surface area contributed by atoms with Gasteiger partial charge in [-0.15, -0.1) is 0 Å². The van der Waals surface area contributed by atoms with Crippen molar-refractivity contribution in [3.8, 4) is 0 Å². The van der Waals surface area contributed by atoms with Crippen LogP contribution in [0.25, 0.3) is 0 Å². The van der Waals surface area contributed by atoms with E-state index in [1.165, 1.54) is 7.11 Å². The van der Waals surface area contributed by atoms with Crippen LogP contribution in [0, 0.1) is 0 Å². The summed E-state index contributed by atoms with van der Waals surface area (Å²) in [6.45, 7) is 0. The maximum absolute atomic E-state index is 11.3. The van der Waals surface area contributed by atoms with Gasteiger partial charge in [0, 0.05) is 6.08 Å². The van der Waals surface area contributed by atoms with E-state index in [4.69, 9.17) is 0 Å². The minimum absolute atomic E-state index is 0.459. The summed E-state index contributed by atoms with van der Waals surface area (Å²) >= 11 is 0. The van der Waals surface area contributed by atoms with Gasteiger partial charge in [0.05, 0.1) is 7.11 Å². The SMILES string of the molecule is COC(=O)C(C=C=O)c1ccccc1. The van der Waals surface area contributed by atoms with Gasteiger partial charge in [-0.2, -0.15) is 0 Å². The van der Waals surface area contributed by atoms with Crippen LogP contribution in [-0.4, -0.2) is 19.0 Å². The van der Waals surface area contributed by atoms with E-state index in [0.29, 0.717) is 0 Å². The van der Waals surface area contributed by atoms with Gasteiger partial charge in [-0.25, -0.2) is 4.79 Å². The van der Waals surface area contributed by atoms with Crippen molar-refractivity contribution in [3.63, 3.8) is 0 Å². The fourth-order valence-corrected chi connectivity index (χ4v) is 1.16. The quantitative estimate of drug-likeness (QED) is 0.533. The van der Waals surface area contributed by atoms with Gasteiger partial charge < -0.3 is 4.74 Å². The van der Waals surface area contributed by atoms with Crippen molar-refractivity contribution in [2.45, 2.75) is 5.92 Å². The summed E-state index contributed by atoms with van der Waals surface area (Å²) < 4.78 is 4.57. The number of hydrogen-bond acceptors (Lipinski definition) is 3. The first-order chi connectivity index (χ1) is 6.79. The Labute approximate surface area is 82.0 Å². The van der Waals surface area contributed by atoms with E-state index >= 15 is 0 Å². The summed E-state index contributed by atoms with van der Waals surface area (Å²) in [6.07, 6.45) is 1.15. The zero-order chi connectivity index (χ0) is 10.4. The normalized spacial score (nSPS) is 11.2. The zero-order valence-corrected chi connectivity index (χ0v) is 7.77. The Bertz CT molecular complexity index is 350. The second-order valence-electron chi connectivity index (χ2n) is 2.70. The van der Waals surface area contributed by atoms with Crippen LogP contribution in [0.5, 0.6) is 0 Å². The van der Waals surface area contributed by atoms with Crippen molar-refractivity contribution < 1.29 is 14.3 Å². The predicted octanol–water partition coefficient (Wildman–Crippen LogP) is 1.33. The highest BCUT2D eigenvalue weighted by molar-refractivity contribution is 5.82. The number of methoxy groups -OCH3 is 1.